The van der Waals surface area contributed by atoms with Gasteiger partial charge in [0, 0.05) is 11.6 Å². The fourth-order valence-electron chi connectivity index (χ4n) is 2.70. The number of anilines is 1. The van der Waals surface area contributed by atoms with E-state index in [0.29, 0.717) is 0 Å². The van der Waals surface area contributed by atoms with Crippen LogP contribution in [-0.2, 0) is 10.0 Å². The van der Waals surface area contributed by atoms with E-state index >= 15 is 0 Å². The number of ether oxygens (including phenoxy) is 1. The minimum absolute atomic E-state index is 0.0484. The van der Waals surface area contributed by atoms with E-state index in [-0.39, 0.29) is 28.2 Å². The molecule has 140 valence electrons. The molecule has 1 heterocycles. The Labute approximate surface area is 156 Å². The average Bonchev–Trinajstić information content (AvgIpc) is 3.36. The first-order valence-corrected chi connectivity index (χ1v) is 9.91. The van der Waals surface area contributed by atoms with E-state index in [1.165, 1.54) is 25.3 Å². The number of carbonyl (C=O) groups is 1. The van der Waals surface area contributed by atoms with Crippen LogP contribution in [0.1, 0.15) is 23.2 Å². The van der Waals surface area contributed by atoms with E-state index in [0.717, 1.165) is 23.9 Å². The van der Waals surface area contributed by atoms with Crippen LogP contribution in [-0.4, -0.2) is 37.4 Å². The summed E-state index contributed by atoms with van der Waals surface area (Å²) in [6, 6.07) is 11.6. The number of para-hydroxylation sites is 2. The average molecular weight is 386 g/mol. The number of carbonyl (C=O) groups excluding carboxylic acids is 1. The second-order valence-electron chi connectivity index (χ2n) is 6.32. The van der Waals surface area contributed by atoms with Gasteiger partial charge in [0.1, 0.15) is 10.6 Å². The lowest BCUT2D eigenvalue weighted by molar-refractivity contribution is 0.102. The molecule has 27 heavy (non-hydrogen) atoms. The highest BCUT2D eigenvalue weighted by molar-refractivity contribution is 7.89. The molecule has 0 atom stereocenters. The molecule has 0 spiro atoms. The number of aromatic nitrogens is 2. The number of fused-ring (bicyclic) bond motifs is 1. The molecule has 0 unspecified atom stereocenters. The van der Waals surface area contributed by atoms with Crippen LogP contribution in [0.25, 0.3) is 11.0 Å². The lowest BCUT2D eigenvalue weighted by Gasteiger charge is -2.12. The first-order valence-electron chi connectivity index (χ1n) is 8.43. The molecule has 0 saturated heterocycles. The normalized spacial score (nSPS) is 14.3. The number of methoxy groups -OCH3 is 1. The number of aromatic amines is 1. The summed E-state index contributed by atoms with van der Waals surface area (Å²) >= 11 is 0. The topological polar surface area (TPSA) is 113 Å². The van der Waals surface area contributed by atoms with Gasteiger partial charge in [-0.05, 0) is 43.2 Å². The number of benzene rings is 2. The summed E-state index contributed by atoms with van der Waals surface area (Å²) in [6.07, 6.45) is 1.63. The maximum atomic E-state index is 12.6. The predicted molar refractivity (Wildman–Crippen MR) is 100 cm³/mol. The van der Waals surface area contributed by atoms with E-state index in [9.17, 15) is 13.2 Å². The maximum Gasteiger partial charge on any atom is 0.258 e. The zero-order chi connectivity index (χ0) is 19.0. The fraction of sp³-hybridized carbons (Fsp3) is 0.222. The van der Waals surface area contributed by atoms with Crippen molar-refractivity contribution >= 4 is 32.9 Å². The Hall–Kier alpha value is -2.91. The second-order valence-corrected chi connectivity index (χ2v) is 8.00. The third-order valence-electron chi connectivity index (χ3n) is 4.24. The Kier molecular flexibility index (Phi) is 4.33. The minimum atomic E-state index is -3.77. The van der Waals surface area contributed by atoms with Crippen LogP contribution in [0.3, 0.4) is 0 Å². The van der Waals surface area contributed by atoms with Crippen molar-refractivity contribution < 1.29 is 17.9 Å². The van der Waals surface area contributed by atoms with Crippen molar-refractivity contribution in [1.29, 1.82) is 0 Å². The van der Waals surface area contributed by atoms with Crippen LogP contribution in [0, 0.1) is 0 Å². The quantitative estimate of drug-likeness (QED) is 0.601. The molecule has 1 saturated carbocycles. The molecule has 1 amide bonds. The van der Waals surface area contributed by atoms with Gasteiger partial charge in [0.25, 0.3) is 5.91 Å². The molecule has 9 heteroatoms. The van der Waals surface area contributed by atoms with Crippen molar-refractivity contribution in [3.05, 3.63) is 48.0 Å². The first-order chi connectivity index (χ1) is 13.0. The molecule has 0 aliphatic heterocycles. The van der Waals surface area contributed by atoms with Crippen LogP contribution in [0.5, 0.6) is 5.75 Å². The number of hydrogen-bond acceptors (Lipinski definition) is 5. The number of hydrogen-bond donors (Lipinski definition) is 3. The standard InChI is InChI=1S/C18H18N4O4S/c1-26-15-9-6-11(10-16(15)27(24,25)22-12-7-8-12)17(23)21-18-19-13-4-2-3-5-14(13)20-18/h2-6,9-10,12,22H,7-8H2,1H3,(H2,19,20,21,23). The summed E-state index contributed by atoms with van der Waals surface area (Å²) in [7, 11) is -2.38. The molecule has 2 aromatic carbocycles. The second kappa shape index (κ2) is 6.67. The lowest BCUT2D eigenvalue weighted by Crippen LogP contribution is -2.26. The lowest BCUT2D eigenvalue weighted by atomic mass is 10.2. The van der Waals surface area contributed by atoms with Crippen molar-refractivity contribution in [1.82, 2.24) is 14.7 Å². The molecule has 4 rings (SSSR count). The first kappa shape index (κ1) is 17.5. The van der Waals surface area contributed by atoms with Gasteiger partial charge < -0.3 is 9.72 Å². The fourth-order valence-corrected chi connectivity index (χ4v) is 4.20. The molecule has 1 aliphatic rings. The van der Waals surface area contributed by atoms with Crippen LogP contribution >= 0.6 is 0 Å². The molecule has 3 aromatic rings. The highest BCUT2D eigenvalue weighted by Gasteiger charge is 2.30. The largest absolute Gasteiger partial charge is 0.495 e. The molecule has 0 radical (unpaired) electrons. The van der Waals surface area contributed by atoms with E-state index in [4.69, 9.17) is 4.74 Å². The third-order valence-corrected chi connectivity index (χ3v) is 5.78. The van der Waals surface area contributed by atoms with Gasteiger partial charge in [-0.15, -0.1) is 0 Å². The zero-order valence-electron chi connectivity index (χ0n) is 14.5. The Morgan fingerprint density at radius 1 is 1.22 bits per heavy atom. The number of H-pyrrole nitrogens is 1. The van der Waals surface area contributed by atoms with Gasteiger partial charge in [0.15, 0.2) is 0 Å². The highest BCUT2D eigenvalue weighted by Crippen LogP contribution is 2.28. The predicted octanol–water partition coefficient (Wildman–Crippen LogP) is 2.26. The molecule has 1 aliphatic carbocycles. The summed E-state index contributed by atoms with van der Waals surface area (Å²) in [6.45, 7) is 0. The van der Waals surface area contributed by atoms with Gasteiger partial charge in [-0.3, -0.25) is 10.1 Å². The van der Waals surface area contributed by atoms with Crippen molar-refractivity contribution in [3.63, 3.8) is 0 Å². The summed E-state index contributed by atoms with van der Waals surface area (Å²) in [5.41, 5.74) is 1.70. The van der Waals surface area contributed by atoms with Gasteiger partial charge in [-0.25, -0.2) is 18.1 Å². The number of rotatable bonds is 6. The molecule has 0 bridgehead atoms. The molecule has 1 fully saturated rings. The van der Waals surface area contributed by atoms with Gasteiger partial charge in [0.2, 0.25) is 16.0 Å². The van der Waals surface area contributed by atoms with E-state index < -0.39 is 15.9 Å². The molecule has 8 nitrogen and oxygen atoms in total. The molecular formula is C18H18N4O4S. The van der Waals surface area contributed by atoms with E-state index in [2.05, 4.69) is 20.0 Å². The van der Waals surface area contributed by atoms with Crippen molar-refractivity contribution in [2.45, 2.75) is 23.8 Å². The number of imidazole rings is 1. The van der Waals surface area contributed by atoms with Crippen LogP contribution < -0.4 is 14.8 Å². The summed E-state index contributed by atoms with van der Waals surface area (Å²) in [5, 5.41) is 2.66. The van der Waals surface area contributed by atoms with Crippen molar-refractivity contribution in [2.75, 3.05) is 12.4 Å². The van der Waals surface area contributed by atoms with Gasteiger partial charge in [0.05, 0.1) is 18.1 Å². The smallest absolute Gasteiger partial charge is 0.258 e. The van der Waals surface area contributed by atoms with Crippen molar-refractivity contribution in [2.24, 2.45) is 0 Å². The van der Waals surface area contributed by atoms with E-state index in [1.807, 2.05) is 24.3 Å². The third kappa shape index (κ3) is 3.64. The SMILES string of the molecule is COc1ccc(C(=O)Nc2nc3ccccc3[nH]2)cc1S(=O)(=O)NC1CC1. The van der Waals surface area contributed by atoms with E-state index in [1.54, 1.807) is 0 Å². The monoisotopic (exact) mass is 386 g/mol. The van der Waals surface area contributed by atoms with Crippen LogP contribution in [0.15, 0.2) is 47.4 Å². The number of amides is 1. The van der Waals surface area contributed by atoms with Gasteiger partial charge >= 0.3 is 0 Å². The van der Waals surface area contributed by atoms with Crippen molar-refractivity contribution in [3.8, 4) is 5.75 Å². The van der Waals surface area contributed by atoms with Gasteiger partial charge in [-0.1, -0.05) is 12.1 Å². The summed E-state index contributed by atoms with van der Waals surface area (Å²) in [5.74, 6) is 0.000508. The van der Waals surface area contributed by atoms with Crippen LogP contribution in [0.4, 0.5) is 5.95 Å². The zero-order valence-corrected chi connectivity index (χ0v) is 15.3. The molecular weight excluding hydrogens is 368 g/mol. The Balaban J connectivity index is 1.62. The van der Waals surface area contributed by atoms with Gasteiger partial charge in [-0.2, -0.15) is 0 Å². The molecule has 1 aromatic heterocycles. The Bertz CT molecular complexity index is 1090. The molecule has 3 N–H and O–H groups in total. The minimum Gasteiger partial charge on any atom is -0.495 e. The Morgan fingerprint density at radius 3 is 2.70 bits per heavy atom. The van der Waals surface area contributed by atoms with Crippen LogP contribution in [0.2, 0.25) is 0 Å². The number of nitrogens with one attached hydrogen (secondary N) is 3. The summed E-state index contributed by atoms with van der Waals surface area (Å²) in [4.78, 5) is 19.8. The number of nitrogens with zero attached hydrogens (tertiary/aromatic N) is 1. The Morgan fingerprint density at radius 2 is 2.00 bits per heavy atom. The highest BCUT2D eigenvalue weighted by atomic mass is 32.2. The maximum absolute atomic E-state index is 12.6. The number of sulfonamides is 1. The summed E-state index contributed by atoms with van der Waals surface area (Å²) < 4.78 is 32.9.